The average molecular weight is 422 g/mol. The van der Waals surface area contributed by atoms with Gasteiger partial charge >= 0.3 is 5.97 Å². The molecule has 150 valence electrons. The Morgan fingerprint density at radius 1 is 1.04 bits per heavy atom. The molecule has 28 heavy (non-hydrogen) atoms. The van der Waals surface area contributed by atoms with Crippen molar-refractivity contribution in [3.63, 3.8) is 0 Å². The summed E-state index contributed by atoms with van der Waals surface area (Å²) >= 11 is 6.09. The van der Waals surface area contributed by atoms with Gasteiger partial charge < -0.3 is 4.74 Å². The highest BCUT2D eigenvalue weighted by Gasteiger charge is 2.33. The van der Waals surface area contributed by atoms with Gasteiger partial charge in [-0.05, 0) is 74.6 Å². The predicted molar refractivity (Wildman–Crippen MR) is 109 cm³/mol. The van der Waals surface area contributed by atoms with Crippen LogP contribution >= 0.6 is 11.6 Å². The standard InChI is InChI=1S/C21H24ClNO4S/c1-14-4-7-19(22)20(12-14)27-21(24)17-8-10-23(11-9-17)28(25,26)18-6-5-15(2)16(3)13-18/h4-7,12-13,17H,8-11H2,1-3H3. The van der Waals surface area contributed by atoms with Crippen molar-refractivity contribution < 1.29 is 17.9 Å². The molecule has 0 bridgehead atoms. The molecule has 0 unspecified atom stereocenters. The van der Waals surface area contributed by atoms with Crippen LogP contribution in [-0.4, -0.2) is 31.8 Å². The second kappa shape index (κ2) is 8.23. The molecule has 1 aliphatic rings. The van der Waals surface area contributed by atoms with Crippen molar-refractivity contribution in [2.75, 3.05) is 13.1 Å². The Kier molecular flexibility index (Phi) is 6.12. The van der Waals surface area contributed by atoms with E-state index in [0.717, 1.165) is 16.7 Å². The molecule has 1 aliphatic heterocycles. The van der Waals surface area contributed by atoms with E-state index in [0.29, 0.717) is 28.5 Å². The fourth-order valence-corrected chi connectivity index (χ4v) is 4.95. The van der Waals surface area contributed by atoms with Crippen LogP contribution in [0, 0.1) is 26.7 Å². The van der Waals surface area contributed by atoms with Crippen LogP contribution in [0.3, 0.4) is 0 Å². The summed E-state index contributed by atoms with van der Waals surface area (Å²) in [5.74, 6) is -0.365. The molecule has 1 fully saturated rings. The molecule has 5 nitrogen and oxygen atoms in total. The minimum atomic E-state index is -3.56. The predicted octanol–water partition coefficient (Wildman–Crippen LogP) is 4.27. The summed E-state index contributed by atoms with van der Waals surface area (Å²) in [6.45, 7) is 6.31. The van der Waals surface area contributed by atoms with Crippen molar-refractivity contribution in [3.8, 4) is 5.75 Å². The molecule has 0 aliphatic carbocycles. The van der Waals surface area contributed by atoms with Crippen molar-refractivity contribution in [2.24, 2.45) is 5.92 Å². The normalized spacial score (nSPS) is 16.1. The topological polar surface area (TPSA) is 63.7 Å². The van der Waals surface area contributed by atoms with Crippen LogP contribution in [0.1, 0.15) is 29.5 Å². The zero-order chi connectivity index (χ0) is 20.5. The zero-order valence-electron chi connectivity index (χ0n) is 16.2. The maximum atomic E-state index is 12.9. The van der Waals surface area contributed by atoms with Gasteiger partial charge in [-0.15, -0.1) is 0 Å². The van der Waals surface area contributed by atoms with Crippen molar-refractivity contribution in [1.82, 2.24) is 4.31 Å². The van der Waals surface area contributed by atoms with Gasteiger partial charge in [0.2, 0.25) is 10.0 Å². The van der Waals surface area contributed by atoms with Crippen LogP contribution in [0.25, 0.3) is 0 Å². The van der Waals surface area contributed by atoms with Crippen molar-refractivity contribution in [1.29, 1.82) is 0 Å². The number of carbonyl (C=O) groups is 1. The second-order valence-electron chi connectivity index (χ2n) is 7.28. The van der Waals surface area contributed by atoms with Gasteiger partial charge in [-0.2, -0.15) is 4.31 Å². The first-order chi connectivity index (χ1) is 13.2. The Hall–Kier alpha value is -1.89. The van der Waals surface area contributed by atoms with E-state index < -0.39 is 10.0 Å². The molecule has 0 N–H and O–H groups in total. The molecular weight excluding hydrogens is 398 g/mol. The third-order valence-corrected chi connectivity index (χ3v) is 7.41. The van der Waals surface area contributed by atoms with Crippen molar-refractivity contribution >= 4 is 27.6 Å². The summed E-state index contributed by atoms with van der Waals surface area (Å²) in [6, 6.07) is 10.4. The Labute approximate surface area is 171 Å². The zero-order valence-corrected chi connectivity index (χ0v) is 17.8. The molecule has 0 amide bonds. The highest BCUT2D eigenvalue weighted by molar-refractivity contribution is 7.89. The number of halogens is 1. The largest absolute Gasteiger partial charge is 0.425 e. The molecule has 0 spiro atoms. The highest BCUT2D eigenvalue weighted by Crippen LogP contribution is 2.29. The number of carbonyl (C=O) groups excluding carboxylic acids is 1. The van der Waals surface area contributed by atoms with E-state index in [1.54, 1.807) is 24.3 Å². The first kappa shape index (κ1) is 20.8. The summed E-state index contributed by atoms with van der Waals surface area (Å²) in [4.78, 5) is 12.8. The van der Waals surface area contributed by atoms with E-state index in [2.05, 4.69) is 0 Å². The van der Waals surface area contributed by atoms with Crippen molar-refractivity contribution in [2.45, 2.75) is 38.5 Å². The number of esters is 1. The van der Waals surface area contributed by atoms with Crippen molar-refractivity contribution in [3.05, 3.63) is 58.1 Å². The lowest BCUT2D eigenvalue weighted by Gasteiger charge is -2.30. The molecule has 0 radical (unpaired) electrons. The molecule has 2 aromatic rings. The summed E-state index contributed by atoms with van der Waals surface area (Å²) in [7, 11) is -3.56. The lowest BCUT2D eigenvalue weighted by Crippen LogP contribution is -2.41. The number of piperidine rings is 1. The Morgan fingerprint density at radius 3 is 2.36 bits per heavy atom. The minimum Gasteiger partial charge on any atom is -0.425 e. The lowest BCUT2D eigenvalue weighted by atomic mass is 9.98. The number of aryl methyl sites for hydroxylation is 3. The monoisotopic (exact) mass is 421 g/mol. The smallest absolute Gasteiger partial charge is 0.314 e. The SMILES string of the molecule is Cc1ccc(Cl)c(OC(=O)C2CCN(S(=O)(=O)c3ccc(C)c(C)c3)CC2)c1. The number of benzene rings is 2. The molecule has 0 aromatic heterocycles. The first-order valence-corrected chi connectivity index (χ1v) is 11.1. The van der Waals surface area contributed by atoms with Gasteiger partial charge in [-0.25, -0.2) is 8.42 Å². The quantitative estimate of drug-likeness (QED) is 0.546. The van der Waals surface area contributed by atoms with Gasteiger partial charge in [0.15, 0.2) is 0 Å². The average Bonchev–Trinajstić information content (AvgIpc) is 2.67. The summed E-state index contributed by atoms with van der Waals surface area (Å²) in [5.41, 5.74) is 2.94. The number of hydrogen-bond acceptors (Lipinski definition) is 4. The fraction of sp³-hybridized carbons (Fsp3) is 0.381. The second-order valence-corrected chi connectivity index (χ2v) is 9.62. The molecule has 7 heteroatoms. The number of hydrogen-bond donors (Lipinski definition) is 0. The number of ether oxygens (including phenoxy) is 1. The summed E-state index contributed by atoms with van der Waals surface area (Å²) < 4.78 is 32.7. The molecule has 2 aromatic carbocycles. The van der Waals surface area contributed by atoms with E-state index in [-0.39, 0.29) is 25.0 Å². The van der Waals surface area contributed by atoms with Gasteiger partial charge in [0.25, 0.3) is 0 Å². The number of rotatable bonds is 4. The maximum absolute atomic E-state index is 12.9. The third kappa shape index (κ3) is 4.40. The Bertz CT molecular complexity index is 995. The van der Waals surface area contributed by atoms with E-state index in [9.17, 15) is 13.2 Å². The van der Waals surface area contributed by atoms with Crippen LogP contribution in [0.15, 0.2) is 41.3 Å². The lowest BCUT2D eigenvalue weighted by molar-refractivity contribution is -0.140. The van der Waals surface area contributed by atoms with Crippen LogP contribution in [0.4, 0.5) is 0 Å². The van der Waals surface area contributed by atoms with Gasteiger partial charge in [-0.3, -0.25) is 4.79 Å². The molecule has 1 saturated heterocycles. The molecular formula is C21H24ClNO4S. The number of sulfonamides is 1. The fourth-order valence-electron chi connectivity index (χ4n) is 3.24. The molecule has 0 saturated carbocycles. The molecule has 1 heterocycles. The molecule has 3 rings (SSSR count). The van der Waals surface area contributed by atoms with Gasteiger partial charge in [-0.1, -0.05) is 23.7 Å². The van der Waals surface area contributed by atoms with E-state index in [1.165, 1.54) is 4.31 Å². The summed E-state index contributed by atoms with van der Waals surface area (Å²) in [5, 5.41) is 0.383. The van der Waals surface area contributed by atoms with Gasteiger partial charge in [0.1, 0.15) is 5.75 Å². The Balaban J connectivity index is 1.65. The minimum absolute atomic E-state index is 0.288. The highest BCUT2D eigenvalue weighted by atomic mass is 35.5. The third-order valence-electron chi connectivity index (χ3n) is 5.20. The van der Waals surface area contributed by atoms with Gasteiger partial charge in [0, 0.05) is 13.1 Å². The van der Waals surface area contributed by atoms with Gasteiger partial charge in [0.05, 0.1) is 15.8 Å². The van der Waals surface area contributed by atoms with Crippen LogP contribution in [0.2, 0.25) is 5.02 Å². The van der Waals surface area contributed by atoms with Crippen LogP contribution in [0.5, 0.6) is 5.75 Å². The van der Waals surface area contributed by atoms with E-state index in [1.807, 2.05) is 32.9 Å². The van der Waals surface area contributed by atoms with E-state index in [4.69, 9.17) is 16.3 Å². The first-order valence-electron chi connectivity index (χ1n) is 9.24. The maximum Gasteiger partial charge on any atom is 0.314 e. The Morgan fingerprint density at radius 2 is 1.71 bits per heavy atom. The van der Waals surface area contributed by atoms with Crippen LogP contribution in [-0.2, 0) is 14.8 Å². The number of nitrogens with zero attached hydrogens (tertiary/aromatic N) is 1. The molecule has 0 atom stereocenters. The summed E-state index contributed by atoms with van der Waals surface area (Å²) in [6.07, 6.45) is 0.846. The van der Waals surface area contributed by atoms with Crippen LogP contribution < -0.4 is 4.74 Å². The van der Waals surface area contributed by atoms with E-state index >= 15 is 0 Å².